The lowest BCUT2D eigenvalue weighted by Crippen LogP contribution is -3.13. The summed E-state index contributed by atoms with van der Waals surface area (Å²) in [5.74, 6) is -0.368. The second-order valence-electron chi connectivity index (χ2n) is 5.81. The van der Waals surface area contributed by atoms with Gasteiger partial charge in [0.15, 0.2) is 13.1 Å². The van der Waals surface area contributed by atoms with Crippen LogP contribution in [0, 0.1) is 0 Å². The van der Waals surface area contributed by atoms with E-state index in [4.69, 9.17) is 10.5 Å². The minimum atomic E-state index is -0.592. The summed E-state index contributed by atoms with van der Waals surface area (Å²) >= 11 is 1.23. The lowest BCUT2D eigenvalue weighted by atomic mass is 10.3. The van der Waals surface area contributed by atoms with Gasteiger partial charge in [0.05, 0.1) is 19.2 Å². The number of primary amides is 1. The molecule has 0 aliphatic carbocycles. The van der Waals surface area contributed by atoms with Crippen LogP contribution in [0.4, 0.5) is 10.7 Å². The molecule has 2 aromatic rings. The van der Waals surface area contributed by atoms with Gasteiger partial charge in [-0.15, -0.1) is 11.3 Å². The molecule has 1 unspecified atom stereocenters. The first-order valence-electron chi connectivity index (χ1n) is 8.37. The zero-order chi connectivity index (χ0) is 19.8. The zero-order valence-corrected chi connectivity index (χ0v) is 16.0. The summed E-state index contributed by atoms with van der Waals surface area (Å²) in [5, 5.41) is 7.58. The molecular formula is C18H23N4O4S+. The number of anilines is 2. The van der Waals surface area contributed by atoms with Crippen molar-refractivity contribution < 1.29 is 24.0 Å². The average Bonchev–Trinajstić information content (AvgIpc) is 3.10. The summed E-state index contributed by atoms with van der Waals surface area (Å²) in [5.41, 5.74) is 6.21. The van der Waals surface area contributed by atoms with E-state index < -0.39 is 5.91 Å². The summed E-state index contributed by atoms with van der Waals surface area (Å²) in [6.45, 7) is 2.73. The van der Waals surface area contributed by atoms with E-state index in [0.717, 1.165) is 4.90 Å². The highest BCUT2D eigenvalue weighted by Crippen LogP contribution is 2.22. The van der Waals surface area contributed by atoms with Crippen LogP contribution in [0.25, 0.3) is 0 Å². The number of rotatable bonds is 9. The van der Waals surface area contributed by atoms with Crippen molar-refractivity contribution in [3.63, 3.8) is 0 Å². The fraction of sp³-hybridized carbons (Fsp3) is 0.278. The summed E-state index contributed by atoms with van der Waals surface area (Å²) < 4.78 is 5.08. The Bertz CT molecular complexity index is 804. The van der Waals surface area contributed by atoms with E-state index in [2.05, 4.69) is 10.6 Å². The maximum atomic E-state index is 12.2. The van der Waals surface area contributed by atoms with Crippen LogP contribution in [0.15, 0.2) is 35.7 Å². The van der Waals surface area contributed by atoms with Crippen molar-refractivity contribution in [1.82, 2.24) is 0 Å². The molecule has 1 aromatic carbocycles. The second kappa shape index (κ2) is 9.70. The third-order valence-electron chi connectivity index (χ3n) is 3.88. The number of nitrogens with one attached hydrogen (secondary N) is 3. The first kappa shape index (κ1) is 20.4. The summed E-state index contributed by atoms with van der Waals surface area (Å²) in [6.07, 6.45) is 0. The summed E-state index contributed by atoms with van der Waals surface area (Å²) in [4.78, 5) is 36.6. The molecule has 0 aliphatic rings. The van der Waals surface area contributed by atoms with E-state index in [1.54, 1.807) is 42.8 Å². The molecule has 0 bridgehead atoms. The number of methoxy groups -OCH3 is 1. The summed E-state index contributed by atoms with van der Waals surface area (Å²) in [6, 6.07) is 8.57. The van der Waals surface area contributed by atoms with Gasteiger partial charge in [-0.05, 0) is 42.6 Å². The largest absolute Gasteiger partial charge is 0.497 e. The lowest BCUT2D eigenvalue weighted by Gasteiger charge is -2.17. The molecule has 27 heavy (non-hydrogen) atoms. The molecule has 0 saturated carbocycles. The molecule has 0 aliphatic heterocycles. The van der Waals surface area contributed by atoms with Gasteiger partial charge >= 0.3 is 0 Å². The van der Waals surface area contributed by atoms with E-state index in [-0.39, 0.29) is 30.5 Å². The number of thiophene rings is 1. The number of hydrogen-bond donors (Lipinski definition) is 4. The normalized spacial score (nSPS) is 11.5. The van der Waals surface area contributed by atoms with Gasteiger partial charge < -0.3 is 26.0 Å². The number of likely N-dealkylation sites (N-methyl/N-ethyl adjacent to an activating group) is 1. The van der Waals surface area contributed by atoms with Crippen molar-refractivity contribution in [3.8, 4) is 5.75 Å². The third-order valence-corrected chi connectivity index (χ3v) is 4.71. The number of hydrogen-bond acceptors (Lipinski definition) is 5. The van der Waals surface area contributed by atoms with Gasteiger partial charge in [-0.1, -0.05) is 0 Å². The Balaban J connectivity index is 1.88. The highest BCUT2D eigenvalue weighted by molar-refractivity contribution is 7.14. The number of quaternary nitrogens is 1. The number of benzene rings is 1. The number of carbonyl (C=O) groups excluding carboxylic acids is 3. The molecule has 144 valence electrons. The predicted molar refractivity (Wildman–Crippen MR) is 104 cm³/mol. The van der Waals surface area contributed by atoms with Gasteiger partial charge in [0, 0.05) is 5.69 Å². The monoisotopic (exact) mass is 391 g/mol. The van der Waals surface area contributed by atoms with Gasteiger partial charge in [-0.25, -0.2) is 0 Å². The fourth-order valence-corrected chi connectivity index (χ4v) is 3.23. The molecule has 0 fully saturated rings. The Morgan fingerprint density at radius 2 is 1.70 bits per heavy atom. The second-order valence-corrected chi connectivity index (χ2v) is 6.73. The van der Waals surface area contributed by atoms with Gasteiger partial charge in [-0.2, -0.15) is 0 Å². The standard InChI is InChI=1S/C18H22N4O4S/c1-3-22(10-15(23)20-12-4-6-13(26-2)7-5-12)11-16(24)21-18-14(17(19)25)8-9-27-18/h4-9H,3,10-11H2,1-2H3,(H2,19,25)(H,20,23)(H,21,24)/p+1. The maximum absolute atomic E-state index is 12.2. The van der Waals surface area contributed by atoms with Crippen molar-refractivity contribution in [2.45, 2.75) is 6.92 Å². The van der Waals surface area contributed by atoms with Crippen LogP contribution in [0.3, 0.4) is 0 Å². The molecule has 0 saturated heterocycles. The predicted octanol–water partition coefficient (Wildman–Crippen LogP) is 0.338. The number of amides is 3. The van der Waals surface area contributed by atoms with Crippen LogP contribution in [-0.4, -0.2) is 44.5 Å². The molecule has 0 radical (unpaired) electrons. The van der Waals surface area contributed by atoms with Crippen LogP contribution in [0.2, 0.25) is 0 Å². The van der Waals surface area contributed by atoms with Gasteiger partial charge in [0.25, 0.3) is 17.7 Å². The molecule has 0 spiro atoms. The van der Waals surface area contributed by atoms with E-state index in [0.29, 0.717) is 23.0 Å². The van der Waals surface area contributed by atoms with E-state index >= 15 is 0 Å². The first-order chi connectivity index (χ1) is 12.9. The smallest absolute Gasteiger partial charge is 0.280 e. The van der Waals surface area contributed by atoms with Crippen molar-refractivity contribution in [2.24, 2.45) is 5.73 Å². The van der Waals surface area contributed by atoms with Gasteiger partial charge in [-0.3, -0.25) is 14.4 Å². The maximum Gasteiger partial charge on any atom is 0.280 e. The SMILES string of the molecule is CC[NH+](CC(=O)Nc1ccc(OC)cc1)CC(=O)Nc1sccc1C(N)=O. The minimum Gasteiger partial charge on any atom is -0.497 e. The van der Waals surface area contributed by atoms with Crippen LogP contribution in [-0.2, 0) is 9.59 Å². The number of ether oxygens (including phenoxy) is 1. The minimum absolute atomic E-state index is 0.0998. The molecule has 1 atom stereocenters. The first-order valence-corrected chi connectivity index (χ1v) is 9.25. The molecule has 3 amide bonds. The van der Waals surface area contributed by atoms with E-state index in [1.165, 1.54) is 11.3 Å². The molecule has 8 nitrogen and oxygen atoms in total. The fourth-order valence-electron chi connectivity index (χ4n) is 2.42. The Hall–Kier alpha value is -2.91. The van der Waals surface area contributed by atoms with Crippen LogP contribution < -0.4 is 26.0 Å². The number of carbonyl (C=O) groups is 3. The third kappa shape index (κ3) is 6.08. The topological polar surface area (TPSA) is 115 Å². The van der Waals surface area contributed by atoms with Crippen molar-refractivity contribution >= 4 is 39.7 Å². The quantitative estimate of drug-likeness (QED) is 0.493. The lowest BCUT2D eigenvalue weighted by molar-refractivity contribution is -0.881. The molecular weight excluding hydrogens is 368 g/mol. The summed E-state index contributed by atoms with van der Waals surface area (Å²) in [7, 11) is 1.57. The van der Waals surface area contributed by atoms with Gasteiger partial charge in [0.1, 0.15) is 10.8 Å². The van der Waals surface area contributed by atoms with E-state index in [1.807, 2.05) is 6.92 Å². The Labute approximate surface area is 161 Å². The van der Waals surface area contributed by atoms with Crippen LogP contribution >= 0.6 is 11.3 Å². The van der Waals surface area contributed by atoms with Crippen molar-refractivity contribution in [3.05, 3.63) is 41.3 Å². The molecule has 1 aromatic heterocycles. The molecule has 1 heterocycles. The van der Waals surface area contributed by atoms with Crippen molar-refractivity contribution in [1.29, 1.82) is 0 Å². The Morgan fingerprint density at radius 1 is 1.07 bits per heavy atom. The van der Waals surface area contributed by atoms with Crippen LogP contribution in [0.5, 0.6) is 5.75 Å². The number of nitrogens with two attached hydrogens (primary N) is 1. The molecule has 9 heteroatoms. The Morgan fingerprint density at radius 3 is 2.26 bits per heavy atom. The zero-order valence-electron chi connectivity index (χ0n) is 15.2. The van der Waals surface area contributed by atoms with Gasteiger partial charge in [0.2, 0.25) is 0 Å². The molecule has 2 rings (SSSR count). The highest BCUT2D eigenvalue weighted by atomic mass is 32.1. The van der Waals surface area contributed by atoms with E-state index in [9.17, 15) is 14.4 Å². The Kier molecular flexibility index (Phi) is 7.33. The highest BCUT2D eigenvalue weighted by Gasteiger charge is 2.19. The van der Waals surface area contributed by atoms with Crippen LogP contribution in [0.1, 0.15) is 17.3 Å². The molecule has 5 N–H and O–H groups in total. The van der Waals surface area contributed by atoms with Crippen molar-refractivity contribution in [2.75, 3.05) is 37.4 Å². The average molecular weight is 391 g/mol.